The number of hydrogen-bond donors (Lipinski definition) is 2. The lowest BCUT2D eigenvalue weighted by molar-refractivity contribution is -0.384. The van der Waals surface area contributed by atoms with Crippen molar-refractivity contribution in [2.75, 3.05) is 24.5 Å². The molecule has 1 amide bonds. The highest BCUT2D eigenvalue weighted by atomic mass is 79.9. The molecule has 2 rings (SSSR count). The van der Waals surface area contributed by atoms with Crippen LogP contribution in [0.5, 0.6) is 0 Å². The van der Waals surface area contributed by atoms with Crippen molar-refractivity contribution in [3.8, 4) is 0 Å². The third kappa shape index (κ3) is 2.85. The Kier molecular flexibility index (Phi) is 4.01. The Labute approximate surface area is 118 Å². The second-order valence-corrected chi connectivity index (χ2v) is 5.06. The van der Waals surface area contributed by atoms with Gasteiger partial charge in [-0.25, -0.2) is 0 Å². The van der Waals surface area contributed by atoms with Crippen LogP contribution >= 0.6 is 15.9 Å². The van der Waals surface area contributed by atoms with Crippen LogP contribution in [0.3, 0.4) is 0 Å². The van der Waals surface area contributed by atoms with Crippen molar-refractivity contribution in [1.82, 2.24) is 5.32 Å². The van der Waals surface area contributed by atoms with Gasteiger partial charge in [0.25, 0.3) is 5.69 Å². The third-order valence-electron chi connectivity index (χ3n) is 3.02. The zero-order valence-corrected chi connectivity index (χ0v) is 11.6. The van der Waals surface area contributed by atoms with Crippen molar-refractivity contribution >= 4 is 33.2 Å². The van der Waals surface area contributed by atoms with Crippen molar-refractivity contribution in [2.24, 2.45) is 5.73 Å². The fourth-order valence-corrected chi connectivity index (χ4v) is 2.68. The average molecular weight is 329 g/mol. The molecule has 1 atom stereocenters. The van der Waals surface area contributed by atoms with Crippen molar-refractivity contribution in [3.05, 3.63) is 32.8 Å². The predicted octanol–water partition coefficient (Wildman–Crippen LogP) is 0.621. The minimum Gasteiger partial charge on any atom is -0.368 e. The summed E-state index contributed by atoms with van der Waals surface area (Å²) in [6.07, 6.45) is 0. The summed E-state index contributed by atoms with van der Waals surface area (Å²) in [5.74, 6) is -0.419. The summed E-state index contributed by atoms with van der Waals surface area (Å²) < 4.78 is 0.579. The van der Waals surface area contributed by atoms with E-state index in [9.17, 15) is 14.9 Å². The van der Waals surface area contributed by atoms with E-state index in [2.05, 4.69) is 21.2 Å². The first-order valence-corrected chi connectivity index (χ1v) is 6.50. The molecule has 0 spiro atoms. The second kappa shape index (κ2) is 5.54. The van der Waals surface area contributed by atoms with Crippen LogP contribution in [0.2, 0.25) is 0 Å². The van der Waals surface area contributed by atoms with Crippen molar-refractivity contribution in [3.63, 3.8) is 0 Å². The zero-order chi connectivity index (χ0) is 14.0. The molecule has 1 aliphatic heterocycles. The standard InChI is InChI=1S/C11H13BrN4O3/c12-8-5-7(16(18)19)1-2-9(8)15-4-3-14-6-10(15)11(13)17/h1-2,5,10,14H,3-4,6H2,(H2,13,17). The number of nitrogens with zero attached hydrogens (tertiary/aromatic N) is 2. The van der Waals surface area contributed by atoms with E-state index >= 15 is 0 Å². The first kappa shape index (κ1) is 13.8. The Morgan fingerprint density at radius 3 is 2.89 bits per heavy atom. The number of rotatable bonds is 3. The summed E-state index contributed by atoms with van der Waals surface area (Å²) in [4.78, 5) is 23.5. The molecule has 1 fully saturated rings. The van der Waals surface area contributed by atoms with Gasteiger partial charge in [-0.1, -0.05) is 0 Å². The van der Waals surface area contributed by atoms with Crippen molar-refractivity contribution in [1.29, 1.82) is 0 Å². The topological polar surface area (TPSA) is 102 Å². The van der Waals surface area contributed by atoms with Gasteiger partial charge in [-0.3, -0.25) is 14.9 Å². The molecular formula is C11H13BrN4O3. The lowest BCUT2D eigenvalue weighted by atomic mass is 10.1. The first-order chi connectivity index (χ1) is 9.00. The van der Waals surface area contributed by atoms with Crippen LogP contribution in [0.4, 0.5) is 11.4 Å². The van der Waals surface area contributed by atoms with Gasteiger partial charge in [-0.2, -0.15) is 0 Å². The van der Waals surface area contributed by atoms with Crippen LogP contribution in [-0.2, 0) is 4.79 Å². The molecule has 0 saturated carbocycles. The molecule has 0 bridgehead atoms. The van der Waals surface area contributed by atoms with Gasteiger partial charge in [0.2, 0.25) is 5.91 Å². The number of nitro benzene ring substituents is 1. The molecule has 3 N–H and O–H groups in total. The number of carbonyl (C=O) groups is 1. The monoisotopic (exact) mass is 328 g/mol. The largest absolute Gasteiger partial charge is 0.368 e. The van der Waals surface area contributed by atoms with Crippen LogP contribution in [0.25, 0.3) is 0 Å². The highest BCUT2D eigenvalue weighted by Crippen LogP contribution is 2.31. The molecule has 7 nitrogen and oxygen atoms in total. The summed E-state index contributed by atoms with van der Waals surface area (Å²) in [6.45, 7) is 1.82. The normalized spacial score (nSPS) is 19.2. The van der Waals surface area contributed by atoms with Crippen molar-refractivity contribution < 1.29 is 9.72 Å². The number of halogens is 1. The van der Waals surface area contributed by atoms with Gasteiger partial charge in [0.05, 0.1) is 10.6 Å². The maximum atomic E-state index is 11.4. The molecular weight excluding hydrogens is 316 g/mol. The lowest BCUT2D eigenvalue weighted by Gasteiger charge is -2.36. The summed E-state index contributed by atoms with van der Waals surface area (Å²) >= 11 is 3.31. The molecule has 0 aromatic heterocycles. The van der Waals surface area contributed by atoms with Gasteiger partial charge in [0, 0.05) is 36.2 Å². The summed E-state index contributed by atoms with van der Waals surface area (Å²) in [5.41, 5.74) is 6.11. The first-order valence-electron chi connectivity index (χ1n) is 5.71. The number of carbonyl (C=O) groups excluding carboxylic acids is 1. The van der Waals surface area contributed by atoms with E-state index < -0.39 is 16.9 Å². The molecule has 102 valence electrons. The number of anilines is 1. The number of benzene rings is 1. The molecule has 1 aromatic carbocycles. The van der Waals surface area contributed by atoms with Gasteiger partial charge in [0.15, 0.2) is 0 Å². The number of piperazine rings is 1. The molecule has 1 unspecified atom stereocenters. The van der Waals surface area contributed by atoms with Crippen LogP contribution in [0.15, 0.2) is 22.7 Å². The van der Waals surface area contributed by atoms with Gasteiger partial charge >= 0.3 is 0 Å². The Bertz CT molecular complexity index is 523. The Morgan fingerprint density at radius 1 is 1.58 bits per heavy atom. The second-order valence-electron chi connectivity index (χ2n) is 4.21. The number of nitrogens with two attached hydrogens (primary N) is 1. The van der Waals surface area contributed by atoms with Gasteiger partial charge in [-0.15, -0.1) is 0 Å². The van der Waals surface area contributed by atoms with E-state index in [-0.39, 0.29) is 5.69 Å². The van der Waals surface area contributed by atoms with Crippen LogP contribution in [0, 0.1) is 10.1 Å². The minimum atomic E-state index is -0.460. The Morgan fingerprint density at radius 2 is 2.32 bits per heavy atom. The SMILES string of the molecule is NC(=O)C1CNCCN1c1ccc([N+](=O)[O-])cc1Br. The van der Waals surface area contributed by atoms with Crippen LogP contribution in [-0.4, -0.2) is 36.5 Å². The maximum absolute atomic E-state index is 11.4. The third-order valence-corrected chi connectivity index (χ3v) is 3.66. The Hall–Kier alpha value is -1.67. The molecule has 0 aliphatic carbocycles. The maximum Gasteiger partial charge on any atom is 0.270 e. The van der Waals surface area contributed by atoms with Crippen molar-refractivity contribution in [2.45, 2.75) is 6.04 Å². The van der Waals surface area contributed by atoms with E-state index in [0.29, 0.717) is 17.6 Å². The fourth-order valence-electron chi connectivity index (χ4n) is 2.09. The molecule has 1 aliphatic rings. The molecule has 0 radical (unpaired) electrons. The summed E-state index contributed by atoms with van der Waals surface area (Å²) in [7, 11) is 0. The van der Waals surface area contributed by atoms with Crippen LogP contribution in [0.1, 0.15) is 0 Å². The number of hydrogen-bond acceptors (Lipinski definition) is 5. The highest BCUT2D eigenvalue weighted by molar-refractivity contribution is 9.10. The van der Waals surface area contributed by atoms with Gasteiger partial charge in [0.1, 0.15) is 6.04 Å². The number of nitro groups is 1. The van der Waals surface area contributed by atoms with Crippen LogP contribution < -0.4 is 16.0 Å². The lowest BCUT2D eigenvalue weighted by Crippen LogP contribution is -2.57. The number of non-ortho nitro benzene ring substituents is 1. The van der Waals surface area contributed by atoms with E-state index in [1.807, 2.05) is 4.90 Å². The zero-order valence-electron chi connectivity index (χ0n) is 10.0. The summed E-state index contributed by atoms with van der Waals surface area (Å²) in [5, 5.41) is 13.8. The van der Waals surface area contributed by atoms with Gasteiger partial charge in [-0.05, 0) is 22.0 Å². The molecule has 1 heterocycles. The highest BCUT2D eigenvalue weighted by Gasteiger charge is 2.28. The fraction of sp³-hybridized carbons (Fsp3) is 0.364. The van der Waals surface area contributed by atoms with E-state index in [1.54, 1.807) is 6.07 Å². The Balaban J connectivity index is 2.34. The number of amides is 1. The predicted molar refractivity (Wildman–Crippen MR) is 74.0 cm³/mol. The smallest absolute Gasteiger partial charge is 0.270 e. The number of primary amides is 1. The van der Waals surface area contributed by atoms with Gasteiger partial charge < -0.3 is 16.0 Å². The molecule has 1 aromatic rings. The minimum absolute atomic E-state index is 0.00128. The number of nitrogens with one attached hydrogen (secondary N) is 1. The van der Waals surface area contributed by atoms with E-state index in [1.165, 1.54) is 12.1 Å². The van der Waals surface area contributed by atoms with E-state index in [0.717, 1.165) is 12.2 Å². The van der Waals surface area contributed by atoms with E-state index in [4.69, 9.17) is 5.73 Å². The molecule has 1 saturated heterocycles. The summed E-state index contributed by atoms with van der Waals surface area (Å²) in [6, 6.07) is 4.02. The molecule has 8 heteroatoms. The molecule has 19 heavy (non-hydrogen) atoms. The quantitative estimate of drug-likeness (QED) is 0.625. The average Bonchev–Trinajstić information content (AvgIpc) is 2.38.